The lowest BCUT2D eigenvalue weighted by atomic mass is 9.91. The van der Waals surface area contributed by atoms with Crippen LogP contribution in [0.4, 0.5) is 4.39 Å². The maximum Gasteiger partial charge on any atom is 0.185 e. The molecule has 2 rings (SSSR count). The predicted octanol–water partition coefficient (Wildman–Crippen LogP) is 5.39. The number of ketones is 1. The average molecular weight is 387 g/mol. The summed E-state index contributed by atoms with van der Waals surface area (Å²) < 4.78 is 14.4. The average Bonchev–Trinajstić information content (AvgIpc) is 2.45. The van der Waals surface area contributed by atoms with Gasteiger partial charge in [-0.1, -0.05) is 45.2 Å². The van der Waals surface area contributed by atoms with Gasteiger partial charge in [0.2, 0.25) is 0 Å². The smallest absolute Gasteiger partial charge is 0.185 e. The summed E-state index contributed by atoms with van der Waals surface area (Å²) in [6.07, 6.45) is 0. The van der Waals surface area contributed by atoms with Crippen molar-refractivity contribution in [1.82, 2.24) is 0 Å². The molecule has 2 aromatic carbocycles. The van der Waals surface area contributed by atoms with E-state index in [0.717, 1.165) is 6.07 Å². The van der Waals surface area contributed by atoms with Crippen LogP contribution in [-0.4, -0.2) is 5.78 Å². The number of rotatable bonds is 3. The molecule has 0 saturated carbocycles. The molecule has 0 aromatic heterocycles. The van der Waals surface area contributed by atoms with Gasteiger partial charge in [-0.05, 0) is 30.3 Å². The summed E-state index contributed by atoms with van der Waals surface area (Å²) in [6.45, 7) is 0. The van der Waals surface area contributed by atoms with Crippen LogP contribution in [0.3, 0.4) is 0 Å². The van der Waals surface area contributed by atoms with Crippen molar-refractivity contribution in [2.45, 2.75) is 5.92 Å². The summed E-state index contributed by atoms with van der Waals surface area (Å²) >= 11 is 15.0. The number of halogens is 4. The first-order chi connectivity index (χ1) is 9.95. The molecular weight excluding hydrogens is 380 g/mol. The summed E-state index contributed by atoms with van der Waals surface area (Å²) in [5.74, 6) is -2.60. The van der Waals surface area contributed by atoms with E-state index in [9.17, 15) is 14.4 Å². The van der Waals surface area contributed by atoms with Crippen molar-refractivity contribution >= 4 is 44.9 Å². The molecule has 1 unspecified atom stereocenters. The third-order valence-corrected chi connectivity index (χ3v) is 4.13. The first-order valence-electron chi connectivity index (χ1n) is 5.78. The van der Waals surface area contributed by atoms with E-state index < -0.39 is 17.5 Å². The predicted molar refractivity (Wildman–Crippen MR) is 83.2 cm³/mol. The number of nitriles is 1. The van der Waals surface area contributed by atoms with Crippen LogP contribution in [0, 0.1) is 17.1 Å². The fraction of sp³-hybridized carbons (Fsp3) is 0.0667. The molecule has 0 fully saturated rings. The van der Waals surface area contributed by atoms with Gasteiger partial charge >= 0.3 is 0 Å². The van der Waals surface area contributed by atoms with Crippen LogP contribution >= 0.6 is 39.1 Å². The number of hydrogen-bond donors (Lipinski definition) is 0. The highest BCUT2D eigenvalue weighted by Gasteiger charge is 2.28. The van der Waals surface area contributed by atoms with Gasteiger partial charge in [0.05, 0.1) is 6.07 Å². The molecule has 6 heteroatoms. The molecule has 106 valence electrons. The topological polar surface area (TPSA) is 40.9 Å². The number of Topliss-reactive ketones (excluding diaryl/α,β-unsaturated/α-hetero) is 1. The van der Waals surface area contributed by atoms with E-state index in [4.69, 9.17) is 23.2 Å². The monoisotopic (exact) mass is 385 g/mol. The van der Waals surface area contributed by atoms with E-state index in [2.05, 4.69) is 15.9 Å². The van der Waals surface area contributed by atoms with Gasteiger partial charge in [-0.25, -0.2) is 4.39 Å². The number of carbonyl (C=O) groups is 1. The highest BCUT2D eigenvalue weighted by molar-refractivity contribution is 9.10. The van der Waals surface area contributed by atoms with Gasteiger partial charge in [-0.3, -0.25) is 4.79 Å². The maximum atomic E-state index is 13.9. The van der Waals surface area contributed by atoms with Crippen LogP contribution in [0.2, 0.25) is 10.0 Å². The lowest BCUT2D eigenvalue weighted by Gasteiger charge is -2.12. The second-order valence-electron chi connectivity index (χ2n) is 4.19. The minimum absolute atomic E-state index is 0.0352. The van der Waals surface area contributed by atoms with Gasteiger partial charge in [0, 0.05) is 25.6 Å². The standard InChI is InChI=1S/C15H7BrCl2FNO/c16-11-5-4-8(17)6-9(11)15(21)10(7-20)14-12(18)2-1-3-13(14)19/h1-6,10H. The Hall–Kier alpha value is -1.41. The third-order valence-electron chi connectivity index (χ3n) is 2.87. The molecule has 0 amide bonds. The van der Waals surface area contributed by atoms with Crippen LogP contribution in [0.5, 0.6) is 0 Å². The molecule has 1 atom stereocenters. The van der Waals surface area contributed by atoms with Crippen molar-refractivity contribution in [3.63, 3.8) is 0 Å². The quantitative estimate of drug-likeness (QED) is 0.664. The Morgan fingerprint density at radius 3 is 2.62 bits per heavy atom. The summed E-state index contributed by atoms with van der Waals surface area (Å²) in [6, 6.07) is 10.4. The van der Waals surface area contributed by atoms with Crippen molar-refractivity contribution in [2.75, 3.05) is 0 Å². The van der Waals surface area contributed by atoms with Gasteiger partial charge < -0.3 is 0 Å². The van der Waals surface area contributed by atoms with Crippen LogP contribution < -0.4 is 0 Å². The van der Waals surface area contributed by atoms with Crippen molar-refractivity contribution < 1.29 is 9.18 Å². The molecule has 0 heterocycles. The lowest BCUT2D eigenvalue weighted by molar-refractivity contribution is 0.0976. The maximum absolute atomic E-state index is 13.9. The SMILES string of the molecule is N#CC(C(=O)c1cc(Cl)ccc1Br)c1c(F)cccc1Cl. The van der Waals surface area contributed by atoms with Crippen molar-refractivity contribution in [3.05, 3.63) is 67.9 Å². The number of hydrogen-bond acceptors (Lipinski definition) is 2. The number of nitrogens with zero attached hydrogens (tertiary/aromatic N) is 1. The Morgan fingerprint density at radius 2 is 2.00 bits per heavy atom. The van der Waals surface area contributed by atoms with Gasteiger partial charge in [-0.15, -0.1) is 0 Å². The van der Waals surface area contributed by atoms with Crippen LogP contribution in [-0.2, 0) is 0 Å². The molecule has 0 radical (unpaired) electrons. The van der Waals surface area contributed by atoms with Gasteiger partial charge in [0.25, 0.3) is 0 Å². The Bertz CT molecular complexity index is 738. The molecule has 2 nitrogen and oxygen atoms in total. The van der Waals surface area contributed by atoms with E-state index in [-0.39, 0.29) is 16.1 Å². The zero-order chi connectivity index (χ0) is 15.6. The normalized spacial score (nSPS) is 11.8. The molecule has 0 aliphatic carbocycles. The largest absolute Gasteiger partial charge is 0.292 e. The first kappa shape index (κ1) is 16.0. The number of benzene rings is 2. The van der Waals surface area contributed by atoms with E-state index in [1.807, 2.05) is 6.07 Å². The van der Waals surface area contributed by atoms with Crippen LogP contribution in [0.15, 0.2) is 40.9 Å². The molecule has 0 bridgehead atoms. The fourth-order valence-electron chi connectivity index (χ4n) is 1.88. The van der Waals surface area contributed by atoms with E-state index in [1.165, 1.54) is 18.2 Å². The zero-order valence-electron chi connectivity index (χ0n) is 10.4. The van der Waals surface area contributed by atoms with Gasteiger partial charge in [0.15, 0.2) is 5.78 Å². The molecule has 0 N–H and O–H groups in total. The van der Waals surface area contributed by atoms with Crippen molar-refractivity contribution in [1.29, 1.82) is 5.26 Å². The number of carbonyl (C=O) groups excluding carboxylic acids is 1. The Morgan fingerprint density at radius 1 is 1.29 bits per heavy atom. The first-order valence-corrected chi connectivity index (χ1v) is 7.33. The van der Waals surface area contributed by atoms with Gasteiger partial charge in [0.1, 0.15) is 11.7 Å². The Kier molecular flexibility index (Phi) is 5.00. The third kappa shape index (κ3) is 3.26. The molecule has 21 heavy (non-hydrogen) atoms. The lowest BCUT2D eigenvalue weighted by Crippen LogP contribution is -2.14. The van der Waals surface area contributed by atoms with Gasteiger partial charge in [-0.2, -0.15) is 5.26 Å². The molecule has 0 spiro atoms. The van der Waals surface area contributed by atoms with E-state index in [0.29, 0.717) is 9.50 Å². The van der Waals surface area contributed by atoms with Crippen molar-refractivity contribution in [3.8, 4) is 6.07 Å². The fourth-order valence-corrected chi connectivity index (χ4v) is 2.77. The molecule has 2 aromatic rings. The summed E-state index contributed by atoms with van der Waals surface area (Å²) in [7, 11) is 0. The Labute approximate surface area is 139 Å². The van der Waals surface area contributed by atoms with Crippen LogP contribution in [0.1, 0.15) is 21.8 Å². The van der Waals surface area contributed by atoms with Crippen molar-refractivity contribution in [2.24, 2.45) is 0 Å². The highest BCUT2D eigenvalue weighted by atomic mass is 79.9. The second-order valence-corrected chi connectivity index (χ2v) is 5.88. The molecular formula is C15H7BrCl2FNO. The molecule has 0 aliphatic heterocycles. The van der Waals surface area contributed by atoms with Crippen LogP contribution in [0.25, 0.3) is 0 Å². The zero-order valence-corrected chi connectivity index (χ0v) is 13.5. The minimum atomic E-state index is -1.34. The van der Waals surface area contributed by atoms with E-state index in [1.54, 1.807) is 12.1 Å². The second kappa shape index (κ2) is 6.57. The highest BCUT2D eigenvalue weighted by Crippen LogP contribution is 2.32. The molecule has 0 saturated heterocycles. The minimum Gasteiger partial charge on any atom is -0.292 e. The Balaban J connectivity index is 2.55. The summed E-state index contributed by atoms with van der Waals surface area (Å²) in [4.78, 5) is 12.5. The molecule has 0 aliphatic rings. The summed E-state index contributed by atoms with van der Waals surface area (Å²) in [5.41, 5.74) is 0.0758. The van der Waals surface area contributed by atoms with E-state index >= 15 is 0 Å². The summed E-state index contributed by atoms with van der Waals surface area (Å²) in [5, 5.41) is 9.66.